The maximum Gasteiger partial charge on any atom is 0.111 e. The lowest BCUT2D eigenvalue weighted by Crippen LogP contribution is -2.56. The van der Waals surface area contributed by atoms with Crippen molar-refractivity contribution in [3.05, 3.63) is 0 Å². The van der Waals surface area contributed by atoms with Crippen LogP contribution in [0.5, 0.6) is 0 Å². The SMILES string of the molecule is CCCC1O[C@H](C)C(O)[C@@H](O)[C@@H]1O. The van der Waals surface area contributed by atoms with Crippen LogP contribution in [0.25, 0.3) is 0 Å². The van der Waals surface area contributed by atoms with Crippen LogP contribution in [0.3, 0.4) is 0 Å². The van der Waals surface area contributed by atoms with E-state index >= 15 is 0 Å². The molecule has 0 aliphatic carbocycles. The Hall–Kier alpha value is -0.160. The molecule has 78 valence electrons. The molecule has 1 fully saturated rings. The summed E-state index contributed by atoms with van der Waals surface area (Å²) in [7, 11) is 0. The highest BCUT2D eigenvalue weighted by Gasteiger charge is 2.40. The fourth-order valence-corrected chi connectivity index (χ4v) is 1.66. The van der Waals surface area contributed by atoms with Gasteiger partial charge >= 0.3 is 0 Å². The first kappa shape index (κ1) is 10.9. The third-order valence-electron chi connectivity index (χ3n) is 2.52. The number of hydrogen-bond acceptors (Lipinski definition) is 4. The molecule has 1 aliphatic heterocycles. The zero-order valence-electron chi connectivity index (χ0n) is 8.05. The molecular weight excluding hydrogens is 172 g/mol. The van der Waals surface area contributed by atoms with E-state index in [1.54, 1.807) is 6.92 Å². The van der Waals surface area contributed by atoms with Gasteiger partial charge in [0, 0.05) is 0 Å². The molecule has 1 aliphatic rings. The van der Waals surface area contributed by atoms with Crippen molar-refractivity contribution in [1.82, 2.24) is 0 Å². The predicted molar refractivity (Wildman–Crippen MR) is 47.3 cm³/mol. The molecular formula is C9H18O4. The molecule has 3 N–H and O–H groups in total. The van der Waals surface area contributed by atoms with E-state index in [4.69, 9.17) is 4.74 Å². The van der Waals surface area contributed by atoms with Gasteiger partial charge in [-0.2, -0.15) is 0 Å². The second-order valence-corrected chi connectivity index (χ2v) is 3.64. The lowest BCUT2D eigenvalue weighted by Gasteiger charge is -2.39. The smallest absolute Gasteiger partial charge is 0.111 e. The lowest BCUT2D eigenvalue weighted by atomic mass is 9.93. The van der Waals surface area contributed by atoms with E-state index < -0.39 is 24.4 Å². The average Bonchev–Trinajstić information content (AvgIpc) is 2.11. The van der Waals surface area contributed by atoms with Crippen LogP contribution in [0, 0.1) is 0 Å². The molecule has 13 heavy (non-hydrogen) atoms. The quantitative estimate of drug-likeness (QED) is 0.557. The monoisotopic (exact) mass is 190 g/mol. The Balaban J connectivity index is 2.59. The molecule has 1 saturated heterocycles. The van der Waals surface area contributed by atoms with E-state index in [1.165, 1.54) is 0 Å². The Labute approximate surface area is 78.1 Å². The van der Waals surface area contributed by atoms with Crippen LogP contribution in [-0.4, -0.2) is 45.8 Å². The first-order chi connectivity index (χ1) is 6.07. The zero-order chi connectivity index (χ0) is 10.0. The molecule has 4 heteroatoms. The second kappa shape index (κ2) is 4.37. The minimum atomic E-state index is -1.08. The van der Waals surface area contributed by atoms with Gasteiger partial charge in [-0.05, 0) is 13.3 Å². The molecule has 0 aromatic rings. The third kappa shape index (κ3) is 2.20. The molecule has 2 unspecified atom stereocenters. The third-order valence-corrected chi connectivity index (χ3v) is 2.52. The van der Waals surface area contributed by atoms with Crippen molar-refractivity contribution in [2.45, 2.75) is 57.2 Å². The maximum atomic E-state index is 9.52. The van der Waals surface area contributed by atoms with Crippen LogP contribution in [0.1, 0.15) is 26.7 Å². The standard InChI is InChI=1S/C9H18O4/c1-3-4-6-8(11)9(12)7(10)5(2)13-6/h5-12H,3-4H2,1-2H3/t5-,6?,7?,8-,9-/m1/s1. The maximum absolute atomic E-state index is 9.52. The van der Waals surface area contributed by atoms with E-state index in [2.05, 4.69) is 0 Å². The summed E-state index contributed by atoms with van der Waals surface area (Å²) < 4.78 is 5.36. The Morgan fingerprint density at radius 2 is 1.69 bits per heavy atom. The molecule has 0 aromatic carbocycles. The van der Waals surface area contributed by atoms with Gasteiger partial charge in [0.1, 0.15) is 18.3 Å². The van der Waals surface area contributed by atoms with Crippen molar-refractivity contribution in [3.63, 3.8) is 0 Å². The molecule has 0 spiro atoms. The van der Waals surface area contributed by atoms with E-state index in [-0.39, 0.29) is 6.10 Å². The summed E-state index contributed by atoms with van der Waals surface area (Å²) in [4.78, 5) is 0. The van der Waals surface area contributed by atoms with Crippen LogP contribution in [0.2, 0.25) is 0 Å². The summed E-state index contributed by atoms with van der Waals surface area (Å²) in [5, 5.41) is 28.3. The number of aliphatic hydroxyl groups excluding tert-OH is 3. The van der Waals surface area contributed by atoms with Crippen LogP contribution < -0.4 is 0 Å². The molecule has 5 atom stereocenters. The van der Waals surface area contributed by atoms with Crippen molar-refractivity contribution < 1.29 is 20.1 Å². The van der Waals surface area contributed by atoms with E-state index in [9.17, 15) is 15.3 Å². The number of hydrogen-bond donors (Lipinski definition) is 3. The molecule has 0 saturated carbocycles. The van der Waals surface area contributed by atoms with E-state index in [0.717, 1.165) is 6.42 Å². The highest BCUT2D eigenvalue weighted by molar-refractivity contribution is 4.90. The highest BCUT2D eigenvalue weighted by atomic mass is 16.5. The predicted octanol–water partition coefficient (Wildman–Crippen LogP) is -0.344. The summed E-state index contributed by atoms with van der Waals surface area (Å²) >= 11 is 0. The Bertz CT molecular complexity index is 162. The topological polar surface area (TPSA) is 69.9 Å². The molecule has 0 radical (unpaired) electrons. The number of ether oxygens (including phenoxy) is 1. The largest absolute Gasteiger partial charge is 0.388 e. The normalized spacial score (nSPS) is 46.4. The van der Waals surface area contributed by atoms with Crippen molar-refractivity contribution in [3.8, 4) is 0 Å². The first-order valence-electron chi connectivity index (χ1n) is 4.77. The molecule has 1 heterocycles. The van der Waals surface area contributed by atoms with Crippen LogP contribution in [-0.2, 0) is 4.74 Å². The first-order valence-corrected chi connectivity index (χ1v) is 4.77. The van der Waals surface area contributed by atoms with Gasteiger partial charge in [0.05, 0.1) is 12.2 Å². The highest BCUT2D eigenvalue weighted by Crippen LogP contribution is 2.23. The zero-order valence-corrected chi connectivity index (χ0v) is 8.05. The van der Waals surface area contributed by atoms with Gasteiger partial charge in [-0.3, -0.25) is 0 Å². The van der Waals surface area contributed by atoms with Crippen LogP contribution in [0.4, 0.5) is 0 Å². The fraction of sp³-hybridized carbons (Fsp3) is 1.00. The van der Waals surface area contributed by atoms with Gasteiger partial charge in [-0.25, -0.2) is 0 Å². The van der Waals surface area contributed by atoms with Crippen molar-refractivity contribution in [2.24, 2.45) is 0 Å². The molecule has 0 bridgehead atoms. The lowest BCUT2D eigenvalue weighted by molar-refractivity contribution is -0.218. The fourth-order valence-electron chi connectivity index (χ4n) is 1.66. The van der Waals surface area contributed by atoms with E-state index in [1.807, 2.05) is 6.92 Å². The van der Waals surface area contributed by atoms with Crippen LogP contribution in [0.15, 0.2) is 0 Å². The number of rotatable bonds is 2. The molecule has 0 aromatic heterocycles. The van der Waals surface area contributed by atoms with Crippen molar-refractivity contribution >= 4 is 0 Å². The summed E-state index contributed by atoms with van der Waals surface area (Å²) in [6.45, 7) is 3.68. The summed E-state index contributed by atoms with van der Waals surface area (Å²) in [6, 6.07) is 0. The van der Waals surface area contributed by atoms with Crippen LogP contribution >= 0.6 is 0 Å². The molecule has 0 amide bonds. The Kier molecular flexibility index (Phi) is 3.67. The van der Waals surface area contributed by atoms with Gasteiger partial charge in [0.15, 0.2) is 0 Å². The minimum Gasteiger partial charge on any atom is -0.388 e. The van der Waals surface area contributed by atoms with Gasteiger partial charge in [0.25, 0.3) is 0 Å². The molecule has 4 nitrogen and oxygen atoms in total. The summed E-state index contributed by atoms with van der Waals surface area (Å²) in [6.07, 6.45) is -2.20. The summed E-state index contributed by atoms with van der Waals surface area (Å²) in [5.41, 5.74) is 0. The van der Waals surface area contributed by atoms with Gasteiger partial charge in [-0.15, -0.1) is 0 Å². The summed E-state index contributed by atoms with van der Waals surface area (Å²) in [5.74, 6) is 0. The van der Waals surface area contributed by atoms with Gasteiger partial charge in [-0.1, -0.05) is 13.3 Å². The van der Waals surface area contributed by atoms with Gasteiger partial charge in [0.2, 0.25) is 0 Å². The minimum absolute atomic E-state index is 0.349. The van der Waals surface area contributed by atoms with Gasteiger partial charge < -0.3 is 20.1 Å². The average molecular weight is 190 g/mol. The van der Waals surface area contributed by atoms with E-state index in [0.29, 0.717) is 6.42 Å². The van der Waals surface area contributed by atoms with Crippen molar-refractivity contribution in [1.29, 1.82) is 0 Å². The number of aliphatic hydroxyl groups is 3. The Morgan fingerprint density at radius 3 is 2.23 bits per heavy atom. The Morgan fingerprint density at radius 1 is 1.08 bits per heavy atom. The second-order valence-electron chi connectivity index (χ2n) is 3.64. The molecule has 1 rings (SSSR count). The van der Waals surface area contributed by atoms with Crippen molar-refractivity contribution in [2.75, 3.05) is 0 Å².